The summed E-state index contributed by atoms with van der Waals surface area (Å²) < 4.78 is 5.52. The molecule has 2 aliphatic heterocycles. The Labute approximate surface area is 157 Å². The molecule has 6 nitrogen and oxygen atoms in total. The van der Waals surface area contributed by atoms with Crippen LogP contribution in [0.4, 0.5) is 10.8 Å². The van der Waals surface area contributed by atoms with E-state index >= 15 is 0 Å². The van der Waals surface area contributed by atoms with Crippen molar-refractivity contribution in [3.05, 3.63) is 41.4 Å². The van der Waals surface area contributed by atoms with Gasteiger partial charge in [-0.15, -0.1) is 11.3 Å². The van der Waals surface area contributed by atoms with Gasteiger partial charge in [0.15, 0.2) is 5.13 Å². The van der Waals surface area contributed by atoms with Crippen molar-refractivity contribution in [1.82, 2.24) is 14.8 Å². The van der Waals surface area contributed by atoms with Gasteiger partial charge in [0.05, 0.1) is 5.69 Å². The van der Waals surface area contributed by atoms with Gasteiger partial charge < -0.3 is 15.0 Å². The Balaban J connectivity index is 1.26. The zero-order chi connectivity index (χ0) is 17.8. The topological polar surface area (TPSA) is 57.7 Å². The molecule has 2 aliphatic rings. The standard InChI is InChI=1S/C19H24N4O2S/c24-18(17-7-4-12-25-17)23-10-8-22(9-11-23)13-16-14-26-19(21-16)20-15-5-2-1-3-6-15/h1-3,5-6,14,17H,4,7-13H2,(H,20,21). The number of hydrogen-bond donors (Lipinski definition) is 1. The van der Waals surface area contributed by atoms with Crippen molar-refractivity contribution in [1.29, 1.82) is 0 Å². The van der Waals surface area contributed by atoms with E-state index in [4.69, 9.17) is 4.74 Å². The van der Waals surface area contributed by atoms with Crippen LogP contribution in [0.5, 0.6) is 0 Å². The summed E-state index contributed by atoms with van der Waals surface area (Å²) in [5.41, 5.74) is 2.13. The summed E-state index contributed by atoms with van der Waals surface area (Å²) in [7, 11) is 0. The number of carbonyl (C=O) groups is 1. The molecule has 2 aromatic rings. The van der Waals surface area contributed by atoms with Gasteiger partial charge in [-0.1, -0.05) is 18.2 Å². The first-order valence-electron chi connectivity index (χ1n) is 9.17. The summed E-state index contributed by atoms with van der Waals surface area (Å²) in [6.07, 6.45) is 1.67. The predicted molar refractivity (Wildman–Crippen MR) is 103 cm³/mol. The molecule has 7 heteroatoms. The number of carbonyl (C=O) groups excluding carboxylic acids is 1. The lowest BCUT2D eigenvalue weighted by molar-refractivity contribution is -0.142. The van der Waals surface area contributed by atoms with Crippen molar-refractivity contribution in [3.8, 4) is 0 Å². The van der Waals surface area contributed by atoms with E-state index in [0.29, 0.717) is 0 Å². The highest BCUT2D eigenvalue weighted by Gasteiger charge is 2.30. The van der Waals surface area contributed by atoms with Gasteiger partial charge in [0.1, 0.15) is 6.10 Å². The molecule has 1 atom stereocenters. The van der Waals surface area contributed by atoms with Crippen molar-refractivity contribution in [3.63, 3.8) is 0 Å². The van der Waals surface area contributed by atoms with E-state index in [1.807, 2.05) is 35.2 Å². The van der Waals surface area contributed by atoms with E-state index in [9.17, 15) is 4.79 Å². The van der Waals surface area contributed by atoms with Crippen LogP contribution in [0.3, 0.4) is 0 Å². The first kappa shape index (κ1) is 17.5. The number of nitrogens with zero attached hydrogens (tertiary/aromatic N) is 3. The van der Waals surface area contributed by atoms with Crippen LogP contribution in [0.15, 0.2) is 35.7 Å². The summed E-state index contributed by atoms with van der Waals surface area (Å²) in [5, 5.41) is 6.36. The minimum absolute atomic E-state index is 0.171. The number of nitrogens with one attached hydrogen (secondary N) is 1. The van der Waals surface area contributed by atoms with Gasteiger partial charge in [-0.2, -0.15) is 0 Å². The summed E-state index contributed by atoms with van der Waals surface area (Å²) >= 11 is 1.63. The highest BCUT2D eigenvalue weighted by atomic mass is 32.1. The maximum absolute atomic E-state index is 12.4. The van der Waals surface area contributed by atoms with E-state index in [-0.39, 0.29) is 12.0 Å². The molecule has 2 fully saturated rings. The molecule has 2 saturated heterocycles. The highest BCUT2D eigenvalue weighted by molar-refractivity contribution is 7.13. The second kappa shape index (κ2) is 8.16. The Bertz CT molecular complexity index is 722. The molecule has 1 amide bonds. The average molecular weight is 372 g/mol. The van der Waals surface area contributed by atoms with Crippen LogP contribution in [-0.4, -0.2) is 59.6 Å². The van der Waals surface area contributed by atoms with E-state index in [2.05, 4.69) is 20.6 Å². The number of anilines is 2. The lowest BCUT2D eigenvalue weighted by atomic mass is 10.2. The smallest absolute Gasteiger partial charge is 0.251 e. The lowest BCUT2D eigenvalue weighted by Gasteiger charge is -2.35. The lowest BCUT2D eigenvalue weighted by Crippen LogP contribution is -2.51. The van der Waals surface area contributed by atoms with Gasteiger partial charge in [-0.3, -0.25) is 9.69 Å². The maximum Gasteiger partial charge on any atom is 0.251 e. The van der Waals surface area contributed by atoms with Crippen LogP contribution in [0.1, 0.15) is 18.5 Å². The summed E-state index contributed by atoms with van der Waals surface area (Å²) in [5.74, 6) is 0.171. The minimum Gasteiger partial charge on any atom is -0.368 e. The van der Waals surface area contributed by atoms with Gasteiger partial charge in [0.2, 0.25) is 0 Å². The van der Waals surface area contributed by atoms with Gasteiger partial charge in [0.25, 0.3) is 5.91 Å². The number of thiazole rings is 1. The van der Waals surface area contributed by atoms with Gasteiger partial charge in [-0.05, 0) is 25.0 Å². The second-order valence-electron chi connectivity index (χ2n) is 6.74. The predicted octanol–water partition coefficient (Wildman–Crippen LogP) is 2.71. The van der Waals surface area contributed by atoms with E-state index in [1.165, 1.54) is 0 Å². The zero-order valence-corrected chi connectivity index (χ0v) is 15.6. The fourth-order valence-electron chi connectivity index (χ4n) is 3.41. The molecule has 0 bridgehead atoms. The number of piperazine rings is 1. The first-order valence-corrected chi connectivity index (χ1v) is 10.0. The van der Waals surface area contributed by atoms with Crippen LogP contribution < -0.4 is 5.32 Å². The van der Waals surface area contributed by atoms with Gasteiger partial charge >= 0.3 is 0 Å². The molecule has 1 aromatic heterocycles. The fraction of sp³-hybridized carbons (Fsp3) is 0.474. The molecule has 4 rings (SSSR count). The molecule has 1 aromatic carbocycles. The Hall–Kier alpha value is -1.96. The summed E-state index contributed by atoms with van der Waals surface area (Å²) in [6, 6.07) is 10.1. The van der Waals surface area contributed by atoms with Crippen LogP contribution in [0.2, 0.25) is 0 Å². The number of ether oxygens (including phenoxy) is 1. The van der Waals surface area contributed by atoms with Crippen molar-refractivity contribution < 1.29 is 9.53 Å². The van der Waals surface area contributed by atoms with E-state index in [1.54, 1.807) is 11.3 Å². The van der Waals surface area contributed by atoms with E-state index in [0.717, 1.165) is 68.7 Å². The SMILES string of the molecule is O=C(C1CCCO1)N1CCN(Cc2csc(Nc3ccccc3)n2)CC1. The quantitative estimate of drug-likeness (QED) is 0.875. The third kappa shape index (κ3) is 4.23. The Morgan fingerprint density at radius 3 is 2.77 bits per heavy atom. The number of rotatable bonds is 5. The molecular formula is C19H24N4O2S. The van der Waals surface area contributed by atoms with Crippen molar-refractivity contribution in [2.24, 2.45) is 0 Å². The normalized spacial score (nSPS) is 21.1. The van der Waals surface area contributed by atoms with Crippen LogP contribution in [0.25, 0.3) is 0 Å². The molecule has 138 valence electrons. The van der Waals surface area contributed by atoms with Crippen molar-refractivity contribution in [2.45, 2.75) is 25.5 Å². The highest BCUT2D eigenvalue weighted by Crippen LogP contribution is 2.22. The van der Waals surface area contributed by atoms with Crippen LogP contribution >= 0.6 is 11.3 Å². The van der Waals surface area contributed by atoms with Gasteiger partial charge in [-0.25, -0.2) is 4.98 Å². The van der Waals surface area contributed by atoms with Gasteiger partial charge in [0, 0.05) is 50.4 Å². The zero-order valence-electron chi connectivity index (χ0n) is 14.8. The Kier molecular flexibility index (Phi) is 5.48. The first-order chi connectivity index (χ1) is 12.8. The number of benzene rings is 1. The summed E-state index contributed by atoms with van der Waals surface area (Å²) in [4.78, 5) is 21.4. The summed E-state index contributed by atoms with van der Waals surface area (Å²) in [6.45, 7) is 4.87. The molecule has 0 spiro atoms. The Morgan fingerprint density at radius 2 is 2.04 bits per heavy atom. The third-order valence-electron chi connectivity index (χ3n) is 4.85. The Morgan fingerprint density at radius 1 is 1.23 bits per heavy atom. The molecule has 0 radical (unpaired) electrons. The van der Waals surface area contributed by atoms with Crippen molar-refractivity contribution >= 4 is 28.1 Å². The number of amides is 1. The number of para-hydroxylation sites is 1. The molecule has 26 heavy (non-hydrogen) atoms. The second-order valence-corrected chi connectivity index (χ2v) is 7.60. The van der Waals surface area contributed by atoms with Crippen LogP contribution in [-0.2, 0) is 16.1 Å². The molecular weight excluding hydrogens is 348 g/mol. The number of aromatic nitrogens is 1. The largest absolute Gasteiger partial charge is 0.368 e. The molecule has 3 heterocycles. The molecule has 1 N–H and O–H groups in total. The maximum atomic E-state index is 12.4. The molecule has 0 saturated carbocycles. The fourth-order valence-corrected chi connectivity index (χ4v) is 4.14. The molecule has 0 aliphatic carbocycles. The average Bonchev–Trinajstić information content (AvgIpc) is 3.35. The number of hydrogen-bond acceptors (Lipinski definition) is 6. The minimum atomic E-state index is -0.202. The monoisotopic (exact) mass is 372 g/mol. The molecule has 1 unspecified atom stereocenters. The van der Waals surface area contributed by atoms with Crippen molar-refractivity contribution in [2.75, 3.05) is 38.1 Å². The van der Waals surface area contributed by atoms with E-state index < -0.39 is 0 Å². The van der Waals surface area contributed by atoms with Crippen LogP contribution in [0, 0.1) is 0 Å². The third-order valence-corrected chi connectivity index (χ3v) is 5.66.